The van der Waals surface area contributed by atoms with Gasteiger partial charge in [-0.05, 0) is 36.1 Å². The Balaban J connectivity index is 1.89. The third-order valence-electron chi connectivity index (χ3n) is 3.51. The number of thiophene rings is 1. The van der Waals surface area contributed by atoms with Gasteiger partial charge in [-0.3, -0.25) is 0 Å². The third kappa shape index (κ3) is 3.68. The average Bonchev–Trinajstić information content (AvgIpc) is 3.13. The molecule has 3 rings (SSSR count). The van der Waals surface area contributed by atoms with Crippen molar-refractivity contribution in [1.82, 2.24) is 4.98 Å². The first-order chi connectivity index (χ1) is 11.4. The standard InChI is InChI=1S/C17H14F3NOS2/c1-10-6-13(23-9-10)7-14-15(8-22)24-16(21-14)11-2-4-12(5-3-11)17(18,19)20/h2-6,9,22H,7-8H2,1H3. The van der Waals surface area contributed by atoms with Crippen LogP contribution in [0.25, 0.3) is 10.6 Å². The highest BCUT2D eigenvalue weighted by Crippen LogP contribution is 2.34. The number of rotatable bonds is 4. The number of alkyl halides is 3. The Morgan fingerprint density at radius 1 is 1.17 bits per heavy atom. The van der Waals surface area contributed by atoms with E-state index in [1.54, 1.807) is 11.3 Å². The maximum atomic E-state index is 12.6. The zero-order valence-corrected chi connectivity index (χ0v) is 14.4. The van der Waals surface area contributed by atoms with E-state index >= 15 is 0 Å². The number of aliphatic hydroxyl groups excluding tert-OH is 1. The molecule has 0 amide bonds. The summed E-state index contributed by atoms with van der Waals surface area (Å²) in [6.45, 7) is 1.89. The van der Waals surface area contributed by atoms with Crippen LogP contribution in [-0.4, -0.2) is 10.1 Å². The molecule has 1 aromatic carbocycles. The largest absolute Gasteiger partial charge is 0.416 e. The topological polar surface area (TPSA) is 33.1 Å². The van der Waals surface area contributed by atoms with Crippen LogP contribution in [0.3, 0.4) is 0 Å². The van der Waals surface area contributed by atoms with Gasteiger partial charge in [0, 0.05) is 16.9 Å². The van der Waals surface area contributed by atoms with E-state index < -0.39 is 11.7 Å². The molecule has 0 unspecified atom stereocenters. The molecular weight excluding hydrogens is 355 g/mol. The molecule has 2 aromatic heterocycles. The van der Waals surface area contributed by atoms with Crippen LogP contribution in [0.15, 0.2) is 35.7 Å². The molecule has 3 aromatic rings. The van der Waals surface area contributed by atoms with Crippen molar-refractivity contribution < 1.29 is 18.3 Å². The van der Waals surface area contributed by atoms with Crippen LogP contribution in [0.1, 0.15) is 26.6 Å². The van der Waals surface area contributed by atoms with Crippen LogP contribution in [0.5, 0.6) is 0 Å². The van der Waals surface area contributed by atoms with Crippen LogP contribution in [0.2, 0.25) is 0 Å². The van der Waals surface area contributed by atoms with Crippen molar-refractivity contribution in [3.8, 4) is 10.6 Å². The van der Waals surface area contributed by atoms with Crippen LogP contribution >= 0.6 is 22.7 Å². The number of hydrogen-bond acceptors (Lipinski definition) is 4. The number of nitrogens with zero attached hydrogens (tertiary/aromatic N) is 1. The van der Waals surface area contributed by atoms with Crippen molar-refractivity contribution in [1.29, 1.82) is 0 Å². The predicted molar refractivity (Wildman–Crippen MR) is 90.3 cm³/mol. The lowest BCUT2D eigenvalue weighted by Gasteiger charge is -2.06. The zero-order chi connectivity index (χ0) is 17.3. The molecule has 24 heavy (non-hydrogen) atoms. The van der Waals surface area contributed by atoms with Crippen molar-refractivity contribution in [3.63, 3.8) is 0 Å². The average molecular weight is 369 g/mol. The van der Waals surface area contributed by atoms with Gasteiger partial charge >= 0.3 is 6.18 Å². The Labute approximate surface area is 145 Å². The van der Waals surface area contributed by atoms with Crippen molar-refractivity contribution in [2.45, 2.75) is 26.1 Å². The predicted octanol–water partition coefficient (Wildman–Crippen LogP) is 5.28. The summed E-state index contributed by atoms with van der Waals surface area (Å²) < 4.78 is 37.9. The van der Waals surface area contributed by atoms with E-state index in [0.717, 1.165) is 27.6 Å². The Kier molecular flexibility index (Phi) is 4.76. The van der Waals surface area contributed by atoms with E-state index in [-0.39, 0.29) is 6.61 Å². The molecule has 1 N–H and O–H groups in total. The molecule has 0 bridgehead atoms. The minimum atomic E-state index is -4.35. The van der Waals surface area contributed by atoms with E-state index in [1.807, 2.05) is 6.92 Å². The number of benzene rings is 1. The lowest BCUT2D eigenvalue weighted by Crippen LogP contribution is -2.03. The van der Waals surface area contributed by atoms with E-state index in [4.69, 9.17) is 0 Å². The van der Waals surface area contributed by atoms with Crippen LogP contribution in [0, 0.1) is 6.92 Å². The van der Waals surface area contributed by atoms with Gasteiger partial charge in [0.1, 0.15) is 5.01 Å². The second-order valence-corrected chi connectivity index (χ2v) is 7.47. The van der Waals surface area contributed by atoms with Crippen molar-refractivity contribution in [2.75, 3.05) is 0 Å². The summed E-state index contributed by atoms with van der Waals surface area (Å²) in [6.07, 6.45) is -3.73. The van der Waals surface area contributed by atoms with E-state index in [2.05, 4.69) is 16.4 Å². The summed E-state index contributed by atoms with van der Waals surface area (Å²) >= 11 is 2.95. The maximum Gasteiger partial charge on any atom is 0.416 e. The number of hydrogen-bond donors (Lipinski definition) is 1. The summed E-state index contributed by atoms with van der Waals surface area (Å²) in [7, 11) is 0. The van der Waals surface area contributed by atoms with Crippen LogP contribution < -0.4 is 0 Å². The number of halogens is 3. The molecule has 0 radical (unpaired) electrons. The minimum absolute atomic E-state index is 0.127. The van der Waals surface area contributed by atoms with Gasteiger partial charge in [0.2, 0.25) is 0 Å². The Morgan fingerprint density at radius 2 is 1.88 bits per heavy atom. The molecule has 0 aliphatic heterocycles. The molecular formula is C17H14F3NOS2. The molecule has 0 saturated carbocycles. The van der Waals surface area contributed by atoms with Gasteiger partial charge in [0.05, 0.1) is 22.7 Å². The van der Waals surface area contributed by atoms with Gasteiger partial charge in [-0.15, -0.1) is 22.7 Å². The molecule has 0 aliphatic rings. The fraction of sp³-hybridized carbons (Fsp3) is 0.235. The lowest BCUT2D eigenvalue weighted by atomic mass is 10.1. The molecule has 2 nitrogen and oxygen atoms in total. The zero-order valence-electron chi connectivity index (χ0n) is 12.7. The molecule has 126 valence electrons. The van der Waals surface area contributed by atoms with Crippen molar-refractivity contribution in [3.05, 3.63) is 62.3 Å². The highest BCUT2D eigenvalue weighted by atomic mass is 32.1. The number of aryl methyl sites for hydroxylation is 1. The Bertz CT molecular complexity index is 834. The van der Waals surface area contributed by atoms with Gasteiger partial charge in [0.15, 0.2) is 0 Å². The highest BCUT2D eigenvalue weighted by Gasteiger charge is 2.30. The monoisotopic (exact) mass is 369 g/mol. The molecule has 2 heterocycles. The van der Waals surface area contributed by atoms with E-state index in [1.165, 1.54) is 29.0 Å². The molecule has 0 aliphatic carbocycles. The van der Waals surface area contributed by atoms with Crippen molar-refractivity contribution in [2.24, 2.45) is 0 Å². The Hall–Kier alpha value is -1.70. The summed E-state index contributed by atoms with van der Waals surface area (Å²) in [5.74, 6) is 0. The molecule has 0 atom stereocenters. The first kappa shape index (κ1) is 17.1. The van der Waals surface area contributed by atoms with Gasteiger partial charge in [-0.2, -0.15) is 13.2 Å². The summed E-state index contributed by atoms with van der Waals surface area (Å²) in [5.41, 5.74) is 1.90. The van der Waals surface area contributed by atoms with Crippen molar-refractivity contribution >= 4 is 22.7 Å². The molecule has 0 spiro atoms. The quantitative estimate of drug-likeness (QED) is 0.678. The third-order valence-corrected chi connectivity index (χ3v) is 5.69. The lowest BCUT2D eigenvalue weighted by molar-refractivity contribution is -0.137. The second kappa shape index (κ2) is 6.66. The smallest absolute Gasteiger partial charge is 0.391 e. The fourth-order valence-corrected chi connectivity index (χ4v) is 4.14. The van der Waals surface area contributed by atoms with Gasteiger partial charge in [0.25, 0.3) is 0 Å². The minimum Gasteiger partial charge on any atom is -0.391 e. The first-order valence-electron chi connectivity index (χ1n) is 7.18. The second-order valence-electron chi connectivity index (χ2n) is 5.39. The maximum absolute atomic E-state index is 12.6. The normalized spacial score (nSPS) is 11.9. The van der Waals surface area contributed by atoms with Gasteiger partial charge < -0.3 is 5.11 Å². The summed E-state index contributed by atoms with van der Waals surface area (Å²) in [5, 5.41) is 12.2. The van der Waals surface area contributed by atoms with Crippen LogP contribution in [0.4, 0.5) is 13.2 Å². The summed E-state index contributed by atoms with van der Waals surface area (Å²) in [4.78, 5) is 6.42. The van der Waals surface area contributed by atoms with Gasteiger partial charge in [-0.25, -0.2) is 4.98 Å². The number of aliphatic hydroxyl groups is 1. The summed E-state index contributed by atoms with van der Waals surface area (Å²) in [6, 6.07) is 7.02. The first-order valence-corrected chi connectivity index (χ1v) is 8.87. The molecule has 0 fully saturated rings. The highest BCUT2D eigenvalue weighted by molar-refractivity contribution is 7.15. The Morgan fingerprint density at radius 3 is 2.42 bits per heavy atom. The molecule has 0 saturated heterocycles. The van der Waals surface area contributed by atoms with Crippen LogP contribution in [-0.2, 0) is 19.2 Å². The van der Waals surface area contributed by atoms with Gasteiger partial charge in [-0.1, -0.05) is 12.1 Å². The van der Waals surface area contributed by atoms with E-state index in [0.29, 0.717) is 17.0 Å². The van der Waals surface area contributed by atoms with E-state index in [9.17, 15) is 18.3 Å². The molecule has 7 heteroatoms. The number of thiazole rings is 1. The fourth-order valence-electron chi connectivity index (χ4n) is 2.32. The SMILES string of the molecule is Cc1csc(Cc2nc(-c3ccc(C(F)(F)F)cc3)sc2CO)c1. The number of aromatic nitrogens is 1.